The quantitative estimate of drug-likeness (QED) is 0.780. The molecule has 8 heteroatoms. The predicted octanol–water partition coefficient (Wildman–Crippen LogP) is 3.76. The molecule has 0 spiro atoms. The van der Waals surface area contributed by atoms with Crippen LogP contribution in [0, 0.1) is 0 Å². The van der Waals surface area contributed by atoms with Gasteiger partial charge in [-0.05, 0) is 42.8 Å². The van der Waals surface area contributed by atoms with E-state index in [9.17, 15) is 9.59 Å². The summed E-state index contributed by atoms with van der Waals surface area (Å²) in [7, 11) is 0. The zero-order valence-corrected chi connectivity index (χ0v) is 15.3. The van der Waals surface area contributed by atoms with Crippen LogP contribution < -0.4 is 14.8 Å². The van der Waals surface area contributed by atoms with Crippen molar-refractivity contribution in [2.75, 3.05) is 13.4 Å². The van der Waals surface area contributed by atoms with Gasteiger partial charge in [0.15, 0.2) is 18.1 Å². The van der Waals surface area contributed by atoms with Gasteiger partial charge in [-0.25, -0.2) is 4.79 Å². The Balaban J connectivity index is 1.53. The van der Waals surface area contributed by atoms with Crippen LogP contribution in [0.25, 0.3) is 0 Å². The SMILES string of the molecule is C[C@H](NC(=O)COC(=O)c1ccc(Cl)c(Cl)c1)c1ccc2c(c1)OCO2. The Morgan fingerprint density at radius 1 is 1.12 bits per heavy atom. The van der Waals surface area contributed by atoms with Crippen LogP contribution in [0.15, 0.2) is 36.4 Å². The van der Waals surface area contributed by atoms with Gasteiger partial charge in [-0.1, -0.05) is 29.3 Å². The van der Waals surface area contributed by atoms with E-state index in [4.69, 9.17) is 37.4 Å². The van der Waals surface area contributed by atoms with Crippen molar-refractivity contribution in [1.29, 1.82) is 0 Å². The average Bonchev–Trinajstić information content (AvgIpc) is 3.09. The fraction of sp³-hybridized carbons (Fsp3) is 0.222. The van der Waals surface area contributed by atoms with Crippen LogP contribution >= 0.6 is 23.2 Å². The summed E-state index contributed by atoms with van der Waals surface area (Å²) in [5, 5.41) is 3.32. The number of amides is 1. The Bertz CT molecular complexity index is 855. The first-order valence-electron chi connectivity index (χ1n) is 7.75. The second-order valence-corrected chi connectivity index (χ2v) is 6.42. The molecule has 136 valence electrons. The van der Waals surface area contributed by atoms with E-state index in [0.717, 1.165) is 5.56 Å². The van der Waals surface area contributed by atoms with Crippen molar-refractivity contribution < 1.29 is 23.8 Å². The number of hydrogen-bond donors (Lipinski definition) is 1. The molecule has 0 saturated carbocycles. The topological polar surface area (TPSA) is 73.9 Å². The summed E-state index contributed by atoms with van der Waals surface area (Å²) in [4.78, 5) is 24.0. The van der Waals surface area contributed by atoms with Crippen LogP contribution in [0.1, 0.15) is 28.9 Å². The van der Waals surface area contributed by atoms with Crippen LogP contribution in [0.2, 0.25) is 10.0 Å². The van der Waals surface area contributed by atoms with E-state index >= 15 is 0 Å². The highest BCUT2D eigenvalue weighted by Gasteiger charge is 2.18. The molecule has 0 radical (unpaired) electrons. The minimum absolute atomic E-state index is 0.185. The number of esters is 1. The fourth-order valence-electron chi connectivity index (χ4n) is 2.39. The van der Waals surface area contributed by atoms with Crippen molar-refractivity contribution in [3.63, 3.8) is 0 Å². The van der Waals surface area contributed by atoms with Crippen LogP contribution in [0.4, 0.5) is 0 Å². The van der Waals surface area contributed by atoms with Gasteiger partial charge in [0.2, 0.25) is 6.79 Å². The summed E-state index contributed by atoms with van der Waals surface area (Å²) in [5.41, 5.74) is 1.06. The molecule has 0 unspecified atom stereocenters. The highest BCUT2D eigenvalue weighted by molar-refractivity contribution is 6.42. The van der Waals surface area contributed by atoms with Gasteiger partial charge in [0.05, 0.1) is 21.7 Å². The highest BCUT2D eigenvalue weighted by atomic mass is 35.5. The van der Waals surface area contributed by atoms with Gasteiger partial charge < -0.3 is 19.5 Å². The first-order valence-corrected chi connectivity index (χ1v) is 8.50. The van der Waals surface area contributed by atoms with Crippen molar-refractivity contribution in [3.05, 3.63) is 57.6 Å². The number of halogens is 2. The summed E-state index contributed by atoms with van der Waals surface area (Å²) in [5.74, 6) is 0.218. The lowest BCUT2D eigenvalue weighted by Crippen LogP contribution is -2.31. The molecule has 26 heavy (non-hydrogen) atoms. The van der Waals surface area contributed by atoms with E-state index in [0.29, 0.717) is 16.5 Å². The Hall–Kier alpha value is -2.44. The Morgan fingerprint density at radius 2 is 1.88 bits per heavy atom. The molecule has 1 N–H and O–H groups in total. The average molecular weight is 396 g/mol. The monoisotopic (exact) mass is 395 g/mol. The van der Waals surface area contributed by atoms with Gasteiger partial charge in [0, 0.05) is 0 Å². The van der Waals surface area contributed by atoms with E-state index in [1.54, 1.807) is 12.1 Å². The number of nitrogens with one attached hydrogen (secondary N) is 1. The van der Waals surface area contributed by atoms with Gasteiger partial charge in [-0.15, -0.1) is 0 Å². The molecule has 1 aliphatic rings. The maximum absolute atomic E-state index is 12.0. The van der Waals surface area contributed by atoms with Crippen molar-refractivity contribution in [1.82, 2.24) is 5.32 Å². The zero-order chi connectivity index (χ0) is 18.7. The number of carbonyl (C=O) groups excluding carboxylic acids is 2. The van der Waals surface area contributed by atoms with Crippen LogP contribution in [-0.4, -0.2) is 25.3 Å². The minimum Gasteiger partial charge on any atom is -0.454 e. The minimum atomic E-state index is -0.658. The number of rotatable bonds is 5. The molecular formula is C18H15Cl2NO5. The van der Waals surface area contributed by atoms with E-state index in [2.05, 4.69) is 5.32 Å². The third kappa shape index (κ3) is 4.20. The van der Waals surface area contributed by atoms with Crippen LogP contribution in [0.5, 0.6) is 11.5 Å². The molecule has 0 saturated heterocycles. The second-order valence-electron chi connectivity index (χ2n) is 5.61. The van der Waals surface area contributed by atoms with Gasteiger partial charge in [-0.3, -0.25) is 4.79 Å². The van der Waals surface area contributed by atoms with Crippen molar-refractivity contribution >= 4 is 35.1 Å². The molecule has 2 aromatic rings. The number of carbonyl (C=O) groups is 2. The molecule has 2 aromatic carbocycles. The third-order valence-electron chi connectivity index (χ3n) is 3.76. The number of fused-ring (bicyclic) bond motifs is 1. The van der Waals surface area contributed by atoms with Crippen LogP contribution in [0.3, 0.4) is 0 Å². The zero-order valence-electron chi connectivity index (χ0n) is 13.8. The maximum Gasteiger partial charge on any atom is 0.338 e. The normalized spacial score (nSPS) is 13.2. The van der Waals surface area contributed by atoms with E-state index in [1.807, 2.05) is 13.0 Å². The molecule has 0 aromatic heterocycles. The third-order valence-corrected chi connectivity index (χ3v) is 4.50. The number of benzene rings is 2. The Morgan fingerprint density at radius 3 is 2.65 bits per heavy atom. The van der Waals surface area contributed by atoms with Crippen LogP contribution in [-0.2, 0) is 9.53 Å². The lowest BCUT2D eigenvalue weighted by molar-refractivity contribution is -0.124. The van der Waals surface area contributed by atoms with Gasteiger partial charge in [0.1, 0.15) is 0 Å². The Kier molecular flexibility index (Phi) is 5.54. The molecule has 1 aliphatic heterocycles. The van der Waals surface area contributed by atoms with Gasteiger partial charge >= 0.3 is 5.97 Å². The molecule has 6 nitrogen and oxygen atoms in total. The molecular weight excluding hydrogens is 381 g/mol. The lowest BCUT2D eigenvalue weighted by atomic mass is 10.1. The summed E-state index contributed by atoms with van der Waals surface area (Å²) >= 11 is 11.7. The molecule has 0 bridgehead atoms. The fourth-order valence-corrected chi connectivity index (χ4v) is 2.68. The summed E-state index contributed by atoms with van der Waals surface area (Å²) in [6.07, 6.45) is 0. The molecule has 1 heterocycles. The lowest BCUT2D eigenvalue weighted by Gasteiger charge is -2.15. The summed E-state index contributed by atoms with van der Waals surface area (Å²) < 4.78 is 15.6. The van der Waals surface area contributed by atoms with E-state index in [-0.39, 0.29) is 23.4 Å². The smallest absolute Gasteiger partial charge is 0.338 e. The van der Waals surface area contributed by atoms with E-state index < -0.39 is 18.5 Å². The largest absolute Gasteiger partial charge is 0.454 e. The highest BCUT2D eigenvalue weighted by Crippen LogP contribution is 2.34. The number of hydrogen-bond acceptors (Lipinski definition) is 5. The first-order chi connectivity index (χ1) is 12.4. The van der Waals surface area contributed by atoms with Crippen molar-refractivity contribution in [2.45, 2.75) is 13.0 Å². The number of ether oxygens (including phenoxy) is 3. The Labute approximate surface area is 159 Å². The standard InChI is InChI=1S/C18H15Cl2NO5/c1-10(11-3-5-15-16(7-11)26-9-25-15)21-17(22)8-24-18(23)12-2-4-13(19)14(20)6-12/h2-7,10H,8-9H2,1H3,(H,21,22)/t10-/m0/s1. The molecule has 0 fully saturated rings. The van der Waals surface area contributed by atoms with E-state index in [1.165, 1.54) is 18.2 Å². The van der Waals surface area contributed by atoms with Crippen molar-refractivity contribution in [3.8, 4) is 11.5 Å². The molecule has 1 amide bonds. The van der Waals surface area contributed by atoms with Crippen molar-refractivity contribution in [2.24, 2.45) is 0 Å². The second kappa shape index (κ2) is 7.85. The maximum atomic E-state index is 12.0. The summed E-state index contributed by atoms with van der Waals surface area (Å²) in [6.45, 7) is 1.59. The summed E-state index contributed by atoms with van der Waals surface area (Å²) in [6, 6.07) is 9.48. The molecule has 0 aliphatic carbocycles. The molecule has 1 atom stereocenters. The molecule has 3 rings (SSSR count). The predicted molar refractivity (Wildman–Crippen MR) is 95.9 cm³/mol. The van der Waals surface area contributed by atoms with Gasteiger partial charge in [0.25, 0.3) is 5.91 Å². The van der Waals surface area contributed by atoms with Gasteiger partial charge in [-0.2, -0.15) is 0 Å². The first kappa shape index (κ1) is 18.4.